The lowest BCUT2D eigenvalue weighted by molar-refractivity contribution is -0.142. The van der Waals surface area contributed by atoms with Crippen molar-refractivity contribution < 1.29 is 87.5 Å². The zero-order valence-corrected chi connectivity index (χ0v) is 55.1. The van der Waals surface area contributed by atoms with Gasteiger partial charge >= 0.3 is 17.9 Å². The van der Waals surface area contributed by atoms with Crippen molar-refractivity contribution in [1.29, 1.82) is 0 Å². The molecule has 0 radical (unpaired) electrons. The summed E-state index contributed by atoms with van der Waals surface area (Å²) in [5, 5.41) is 65.4. The second kappa shape index (κ2) is 41.9. The Labute approximate surface area is 555 Å². The van der Waals surface area contributed by atoms with Crippen molar-refractivity contribution in [1.82, 2.24) is 58.5 Å². The third kappa shape index (κ3) is 32.2. The summed E-state index contributed by atoms with van der Waals surface area (Å²) in [5.74, 6) is -15.7. The number of nitrogens with one attached hydrogen (secondary N) is 11. The predicted molar refractivity (Wildman–Crippen MR) is 348 cm³/mol. The number of carboxylic acids is 3. The monoisotopic (exact) mass is 1360 g/mol. The molecule has 2 aromatic rings. The Balaban J connectivity index is 2.28. The van der Waals surface area contributed by atoms with Gasteiger partial charge in [0.1, 0.15) is 60.1 Å². The summed E-state index contributed by atoms with van der Waals surface area (Å²) >= 11 is 4.21. The van der Waals surface area contributed by atoms with E-state index in [1.165, 1.54) is 31.2 Å². The molecule has 0 aliphatic heterocycles. The van der Waals surface area contributed by atoms with Gasteiger partial charge in [-0.1, -0.05) is 84.0 Å². The van der Waals surface area contributed by atoms with Gasteiger partial charge in [0, 0.05) is 38.0 Å². The number of aromatic hydroxyl groups is 1. The van der Waals surface area contributed by atoms with E-state index in [0.29, 0.717) is 11.1 Å². The quantitative estimate of drug-likeness (QED) is 0.0134. The van der Waals surface area contributed by atoms with Gasteiger partial charge in [-0.15, -0.1) is 0 Å². The van der Waals surface area contributed by atoms with Crippen LogP contribution in [0.2, 0.25) is 0 Å². The van der Waals surface area contributed by atoms with Crippen LogP contribution in [0.25, 0.3) is 0 Å². The number of benzene rings is 2. The molecule has 0 saturated heterocycles. The highest BCUT2D eigenvalue weighted by Gasteiger charge is 2.36. The molecule has 0 spiro atoms. The predicted octanol–water partition coefficient (Wildman–Crippen LogP) is -3.33. The minimum Gasteiger partial charge on any atom is -0.508 e. The zero-order valence-electron chi connectivity index (χ0n) is 54.2. The topological polar surface area (TPSA) is 543 Å². The number of aliphatic carboxylic acids is 3. The smallest absolute Gasteiger partial charge is 0.326 e. The first-order valence-corrected chi connectivity index (χ1v) is 31.4. The average molecular weight is 1360 g/mol. The van der Waals surface area contributed by atoms with Crippen LogP contribution in [0.4, 0.5) is 0 Å². The van der Waals surface area contributed by atoms with Crippen LogP contribution in [0, 0.1) is 17.8 Å². The number of carbonyl (C=O) groups excluding carboxylic acids is 11. The van der Waals surface area contributed by atoms with Crippen LogP contribution < -0.4 is 75.7 Å². The van der Waals surface area contributed by atoms with Gasteiger partial charge in [0.2, 0.25) is 65.0 Å². The Hall–Kier alpha value is -9.60. The molecular formula is C61H93N15O18S. The molecule has 34 heteroatoms. The van der Waals surface area contributed by atoms with Crippen molar-refractivity contribution in [2.45, 2.75) is 173 Å². The van der Waals surface area contributed by atoms with Crippen molar-refractivity contribution >= 4 is 101 Å². The summed E-state index contributed by atoms with van der Waals surface area (Å²) in [4.78, 5) is 189. The van der Waals surface area contributed by atoms with Crippen molar-refractivity contribution in [3.05, 3.63) is 65.7 Å². The fraction of sp³-hybridized carbons (Fsp3) is 0.557. The Morgan fingerprint density at radius 1 is 0.474 bits per heavy atom. The first-order chi connectivity index (χ1) is 44.6. The molecule has 0 bridgehead atoms. The maximum Gasteiger partial charge on any atom is 0.326 e. The van der Waals surface area contributed by atoms with Crippen molar-refractivity contribution in [3.8, 4) is 5.75 Å². The first-order valence-electron chi connectivity index (χ1n) is 30.8. The van der Waals surface area contributed by atoms with E-state index >= 15 is 0 Å². The van der Waals surface area contributed by atoms with Crippen LogP contribution in [0.5, 0.6) is 5.75 Å². The lowest BCUT2D eigenvalue weighted by Crippen LogP contribution is -2.61. The highest BCUT2D eigenvalue weighted by molar-refractivity contribution is 7.80. The molecule has 33 nitrogen and oxygen atoms in total. The maximum absolute atomic E-state index is 14.4. The van der Waals surface area contributed by atoms with Crippen LogP contribution in [0.3, 0.4) is 0 Å². The van der Waals surface area contributed by atoms with Gasteiger partial charge < -0.3 is 96.1 Å². The van der Waals surface area contributed by atoms with Crippen molar-refractivity contribution in [2.24, 2.45) is 39.9 Å². The van der Waals surface area contributed by atoms with E-state index in [0.717, 1.165) is 0 Å². The number of thiol groups is 1. The number of guanidine groups is 1. The molecule has 0 aromatic heterocycles. The van der Waals surface area contributed by atoms with Crippen molar-refractivity contribution in [2.75, 3.05) is 25.4 Å². The minimum atomic E-state index is -1.64. The summed E-state index contributed by atoms with van der Waals surface area (Å²) in [7, 11) is 0. The van der Waals surface area contributed by atoms with E-state index in [2.05, 4.69) is 76.1 Å². The number of carbonyl (C=O) groups is 14. The number of phenols is 1. The molecule has 0 aliphatic rings. The highest BCUT2D eigenvalue weighted by atomic mass is 32.1. The number of rotatable bonds is 43. The van der Waals surface area contributed by atoms with Gasteiger partial charge in [-0.25, -0.2) is 4.79 Å². The molecule has 11 amide bonds. The number of aliphatic imine (C=N–C) groups is 1. The Morgan fingerprint density at radius 2 is 0.916 bits per heavy atom. The lowest BCUT2D eigenvalue weighted by atomic mass is 9.98. The SMILES string of the molecule is CC(C)C[C@H](NC(=O)[C@H](C)NC(=O)[C@@H](N)CCC(=O)O)C(=O)N[C@@H](Cc1ccc(O)cc1)C(=O)N[C@@H](CC(C)C)C(=O)N[C@H](C(=O)N[C@@H](CS)C(=O)NCC(=O)N[C@@H](CCC(=O)O)C(=O)N[C@@H](CCCN=C(N)N)C(=O)NCC(=O)N[C@@H](Cc1ccccc1)C(=O)O)C(C)C. The summed E-state index contributed by atoms with van der Waals surface area (Å²) < 4.78 is 0. The normalized spacial score (nSPS) is 14.2. The summed E-state index contributed by atoms with van der Waals surface area (Å²) in [5.41, 5.74) is 17.7. The van der Waals surface area contributed by atoms with E-state index in [4.69, 9.17) is 22.3 Å². The van der Waals surface area contributed by atoms with Gasteiger partial charge in [0.05, 0.1) is 19.1 Å². The second-order valence-electron chi connectivity index (χ2n) is 23.7. The third-order valence-corrected chi connectivity index (χ3v) is 14.5. The van der Waals surface area contributed by atoms with Crippen LogP contribution >= 0.6 is 12.6 Å². The zero-order chi connectivity index (χ0) is 71.6. The van der Waals surface area contributed by atoms with E-state index < -0.39 is 182 Å². The number of hydrogen-bond donors (Lipinski definition) is 19. The molecule has 2 aromatic carbocycles. The summed E-state index contributed by atoms with van der Waals surface area (Å²) in [6.07, 6.45) is -2.12. The third-order valence-electron chi connectivity index (χ3n) is 14.1. The number of nitrogens with two attached hydrogens (primary N) is 3. The van der Waals surface area contributed by atoms with Gasteiger partial charge in [-0.3, -0.25) is 67.3 Å². The molecule has 95 heavy (non-hydrogen) atoms. The molecule has 0 fully saturated rings. The second-order valence-corrected chi connectivity index (χ2v) is 24.1. The number of nitrogens with zero attached hydrogens (tertiary/aromatic N) is 1. The molecule has 21 N–H and O–H groups in total. The number of carboxylic acid groups (broad SMARTS) is 3. The number of phenolic OH excluding ortho intramolecular Hbond substituents is 1. The summed E-state index contributed by atoms with van der Waals surface area (Å²) in [6, 6.07) is 0.212. The molecule has 0 unspecified atom stereocenters. The van der Waals surface area contributed by atoms with Crippen molar-refractivity contribution in [3.63, 3.8) is 0 Å². The van der Waals surface area contributed by atoms with Crippen LogP contribution in [0.15, 0.2) is 59.6 Å². The Kier molecular flexibility index (Phi) is 35.9. The van der Waals surface area contributed by atoms with Gasteiger partial charge in [0.15, 0.2) is 5.96 Å². The molecule has 0 heterocycles. The number of hydrogen-bond acceptors (Lipinski definition) is 18. The van der Waals surface area contributed by atoms with E-state index in [1.54, 1.807) is 71.9 Å². The molecule has 10 atom stereocenters. The summed E-state index contributed by atoms with van der Waals surface area (Å²) in [6.45, 7) is 9.91. The van der Waals surface area contributed by atoms with Gasteiger partial charge in [0.25, 0.3) is 0 Å². The number of amides is 11. The molecule has 526 valence electrons. The standard InChI is InChI=1S/C61H93N15O18S/c1-31(2)24-41(72-51(84)34(7)68-52(85)38(62)19-21-48(80)81)56(89)74-43(26-36-15-17-37(77)18-16-36)57(90)73-42(25-32(3)4)58(91)76-50(33(5)6)59(92)75-45(30-95)54(87)67-28-46(78)69-40(20-22-49(82)83)55(88)71-39(14-11-23-65-61(63)64)53(86)66-29-47(79)70-44(60(93)94)27-35-12-9-8-10-13-35/h8-10,12-13,15-18,31-34,38-45,50,77,95H,11,14,19-30,62H2,1-7H3,(H,66,86)(H,67,87)(H,68,85)(H,69,78)(H,70,79)(H,71,88)(H,72,84)(H,73,90)(H,74,89)(H,75,92)(H,76,91)(H,80,81)(H,82,83)(H,93,94)(H4,63,64,65)/t34-,38-,39-,40-,41-,42-,43-,44-,45-,50-/m0/s1. The Morgan fingerprint density at radius 3 is 1.43 bits per heavy atom. The highest BCUT2D eigenvalue weighted by Crippen LogP contribution is 2.15. The van der Waals surface area contributed by atoms with Crippen LogP contribution in [-0.4, -0.2) is 195 Å². The van der Waals surface area contributed by atoms with Gasteiger partial charge in [-0.05, 0) is 86.5 Å². The Bertz CT molecular complexity index is 2990. The molecule has 2 rings (SSSR count). The minimum absolute atomic E-state index is 0.00709. The molecule has 0 aliphatic carbocycles. The van der Waals surface area contributed by atoms with E-state index in [1.807, 2.05) is 0 Å². The largest absolute Gasteiger partial charge is 0.508 e. The fourth-order valence-corrected chi connectivity index (χ4v) is 9.32. The molecule has 0 saturated carbocycles. The van der Waals surface area contributed by atoms with Gasteiger partial charge in [-0.2, -0.15) is 12.6 Å². The van der Waals surface area contributed by atoms with Crippen LogP contribution in [0.1, 0.15) is 111 Å². The first kappa shape index (κ1) is 81.5. The molecular weight excluding hydrogens is 1260 g/mol. The maximum atomic E-state index is 14.4. The van der Waals surface area contributed by atoms with E-state index in [9.17, 15) is 82.4 Å². The average Bonchev–Trinajstić information content (AvgIpc) is 1.19. The lowest BCUT2D eigenvalue weighted by Gasteiger charge is -2.29. The fourth-order valence-electron chi connectivity index (χ4n) is 9.07. The van der Waals surface area contributed by atoms with E-state index in [-0.39, 0.29) is 80.8 Å². The van der Waals surface area contributed by atoms with Crippen LogP contribution in [-0.2, 0) is 80.0 Å².